The summed E-state index contributed by atoms with van der Waals surface area (Å²) in [7, 11) is -2.03. The van der Waals surface area contributed by atoms with Gasteiger partial charge in [-0.1, -0.05) is 17.7 Å². The fraction of sp³-hybridized carbons (Fsp3) is 0.143. The van der Waals surface area contributed by atoms with Gasteiger partial charge in [-0.15, -0.1) is 0 Å². The predicted molar refractivity (Wildman–Crippen MR) is 109 cm³/mol. The number of sulfonamides is 1. The number of anilines is 1. The van der Waals surface area contributed by atoms with E-state index in [1.54, 1.807) is 73.8 Å². The molecule has 3 rings (SSSR count). The van der Waals surface area contributed by atoms with Crippen LogP contribution in [0, 0.1) is 6.92 Å². The molecule has 0 heterocycles. The van der Waals surface area contributed by atoms with Crippen molar-refractivity contribution >= 4 is 15.7 Å². The Morgan fingerprint density at radius 1 is 0.893 bits per heavy atom. The topological polar surface area (TPSA) is 90.7 Å². The van der Waals surface area contributed by atoms with Gasteiger partial charge in [-0.2, -0.15) is 0 Å². The van der Waals surface area contributed by atoms with Crippen LogP contribution >= 0.6 is 0 Å². The lowest BCUT2D eigenvalue weighted by molar-refractivity contribution is 0.413. The molecule has 0 fully saturated rings. The minimum atomic E-state index is -3.63. The van der Waals surface area contributed by atoms with Crippen LogP contribution in [0.3, 0.4) is 0 Å². The molecule has 3 N–H and O–H groups in total. The summed E-state index contributed by atoms with van der Waals surface area (Å²) in [5.41, 5.74) is 8.10. The van der Waals surface area contributed by atoms with Gasteiger partial charge in [0.1, 0.15) is 17.2 Å². The molecule has 0 saturated carbocycles. The maximum atomic E-state index is 12.5. The first-order valence-electron chi connectivity index (χ1n) is 8.64. The molecule has 0 saturated heterocycles. The normalized spacial score (nSPS) is 11.2. The third-order valence-corrected chi connectivity index (χ3v) is 5.61. The number of nitrogens with two attached hydrogens (primary N) is 1. The Kier molecular flexibility index (Phi) is 5.87. The molecule has 0 amide bonds. The molecular weight excluding hydrogens is 376 g/mol. The van der Waals surface area contributed by atoms with Gasteiger partial charge in [0.2, 0.25) is 10.0 Å². The van der Waals surface area contributed by atoms with E-state index in [9.17, 15) is 8.42 Å². The Labute approximate surface area is 165 Å². The summed E-state index contributed by atoms with van der Waals surface area (Å²) in [5, 5.41) is 0. The summed E-state index contributed by atoms with van der Waals surface area (Å²) in [6, 6.07) is 19.0. The quantitative estimate of drug-likeness (QED) is 0.590. The second-order valence-corrected chi connectivity index (χ2v) is 8.04. The molecule has 0 bridgehead atoms. The van der Waals surface area contributed by atoms with E-state index in [-0.39, 0.29) is 11.4 Å². The maximum absolute atomic E-state index is 12.5. The van der Waals surface area contributed by atoms with Crippen LogP contribution in [-0.4, -0.2) is 15.5 Å². The highest BCUT2D eigenvalue weighted by Gasteiger charge is 2.14. The minimum absolute atomic E-state index is 0.0574. The molecule has 3 aromatic carbocycles. The van der Waals surface area contributed by atoms with Crippen LogP contribution in [0.2, 0.25) is 0 Å². The summed E-state index contributed by atoms with van der Waals surface area (Å²) < 4.78 is 38.5. The average molecular weight is 398 g/mol. The van der Waals surface area contributed by atoms with Crippen molar-refractivity contribution in [3.8, 4) is 17.2 Å². The lowest BCUT2D eigenvalue weighted by Crippen LogP contribution is -2.23. The molecule has 146 valence electrons. The Hall–Kier alpha value is -3.03. The fourth-order valence-corrected chi connectivity index (χ4v) is 3.56. The number of hydrogen-bond acceptors (Lipinski definition) is 5. The van der Waals surface area contributed by atoms with E-state index in [0.29, 0.717) is 22.7 Å². The highest BCUT2D eigenvalue weighted by Crippen LogP contribution is 2.27. The molecule has 28 heavy (non-hydrogen) atoms. The molecule has 0 aliphatic heterocycles. The van der Waals surface area contributed by atoms with E-state index in [2.05, 4.69) is 4.72 Å². The van der Waals surface area contributed by atoms with Crippen LogP contribution in [0.5, 0.6) is 17.2 Å². The number of nitrogens with one attached hydrogen (secondary N) is 1. The maximum Gasteiger partial charge on any atom is 0.240 e. The number of nitrogen functional groups attached to an aromatic ring is 1. The van der Waals surface area contributed by atoms with Crippen LogP contribution in [-0.2, 0) is 16.6 Å². The van der Waals surface area contributed by atoms with E-state index < -0.39 is 10.0 Å². The van der Waals surface area contributed by atoms with Crippen molar-refractivity contribution in [1.82, 2.24) is 4.72 Å². The summed E-state index contributed by atoms with van der Waals surface area (Å²) in [4.78, 5) is 0.210. The first kappa shape index (κ1) is 19.7. The van der Waals surface area contributed by atoms with Crippen molar-refractivity contribution in [3.63, 3.8) is 0 Å². The van der Waals surface area contributed by atoms with Gasteiger partial charge in [0.05, 0.1) is 12.0 Å². The van der Waals surface area contributed by atoms with Crippen molar-refractivity contribution in [1.29, 1.82) is 0 Å². The van der Waals surface area contributed by atoms with E-state index in [4.69, 9.17) is 15.2 Å². The Morgan fingerprint density at radius 2 is 1.50 bits per heavy atom. The zero-order valence-electron chi connectivity index (χ0n) is 15.7. The van der Waals surface area contributed by atoms with Gasteiger partial charge in [0, 0.05) is 12.2 Å². The van der Waals surface area contributed by atoms with Crippen LogP contribution in [0.25, 0.3) is 0 Å². The lowest BCUT2D eigenvalue weighted by atomic mass is 10.2. The van der Waals surface area contributed by atoms with Crippen LogP contribution in [0.1, 0.15) is 11.1 Å². The Morgan fingerprint density at radius 3 is 2.14 bits per heavy atom. The first-order chi connectivity index (χ1) is 13.4. The monoisotopic (exact) mass is 398 g/mol. The number of rotatable bonds is 7. The summed E-state index contributed by atoms with van der Waals surface area (Å²) in [6.45, 7) is 1.96. The number of benzene rings is 3. The van der Waals surface area contributed by atoms with Crippen molar-refractivity contribution < 1.29 is 17.9 Å². The molecule has 0 radical (unpaired) electrons. The number of ether oxygens (including phenoxy) is 2. The zero-order chi connectivity index (χ0) is 20.1. The molecule has 0 atom stereocenters. The molecule has 7 heteroatoms. The van der Waals surface area contributed by atoms with Gasteiger partial charge in [-0.25, -0.2) is 13.1 Å². The SMILES string of the molecule is COc1ccc(Oc2ccc(N)c(CNS(=O)(=O)c3ccc(C)cc3)c2)cc1. The molecule has 6 nitrogen and oxygen atoms in total. The number of methoxy groups -OCH3 is 1. The zero-order valence-corrected chi connectivity index (χ0v) is 16.5. The fourth-order valence-electron chi connectivity index (χ4n) is 2.55. The van der Waals surface area contributed by atoms with Crippen LogP contribution in [0.4, 0.5) is 5.69 Å². The predicted octanol–water partition coefficient (Wildman–Crippen LogP) is 3.86. The van der Waals surface area contributed by atoms with Crippen LogP contribution in [0.15, 0.2) is 71.6 Å². The van der Waals surface area contributed by atoms with Crippen molar-refractivity contribution in [2.75, 3.05) is 12.8 Å². The standard InChI is InChI=1S/C21H22N2O4S/c1-15-3-10-20(11-4-15)28(24,25)23-14-16-13-19(9-12-21(16)22)27-18-7-5-17(26-2)6-8-18/h3-13,23H,14,22H2,1-2H3. The Balaban J connectivity index is 1.73. The highest BCUT2D eigenvalue weighted by atomic mass is 32.2. The Bertz CT molecular complexity index is 1050. The molecule has 3 aromatic rings. The molecule has 0 aliphatic carbocycles. The van der Waals surface area contributed by atoms with Crippen molar-refractivity contribution in [2.24, 2.45) is 0 Å². The second-order valence-electron chi connectivity index (χ2n) is 6.28. The molecule has 0 unspecified atom stereocenters. The smallest absolute Gasteiger partial charge is 0.240 e. The molecule has 0 aliphatic rings. The summed E-state index contributed by atoms with van der Waals surface area (Å²) in [5.74, 6) is 1.93. The minimum Gasteiger partial charge on any atom is -0.497 e. The summed E-state index contributed by atoms with van der Waals surface area (Å²) in [6.07, 6.45) is 0. The van der Waals surface area contributed by atoms with Gasteiger partial charge < -0.3 is 15.2 Å². The first-order valence-corrected chi connectivity index (χ1v) is 10.1. The van der Waals surface area contributed by atoms with Crippen molar-refractivity contribution in [3.05, 3.63) is 77.9 Å². The third-order valence-electron chi connectivity index (χ3n) is 4.19. The van der Waals surface area contributed by atoms with Gasteiger partial charge in [0.15, 0.2) is 0 Å². The van der Waals surface area contributed by atoms with Gasteiger partial charge >= 0.3 is 0 Å². The van der Waals surface area contributed by atoms with Gasteiger partial charge in [0.25, 0.3) is 0 Å². The van der Waals surface area contributed by atoms with Gasteiger partial charge in [-0.05, 0) is 67.1 Å². The van der Waals surface area contributed by atoms with Crippen LogP contribution < -0.4 is 19.9 Å². The van der Waals surface area contributed by atoms with Gasteiger partial charge in [-0.3, -0.25) is 0 Å². The second kappa shape index (κ2) is 8.33. The average Bonchev–Trinajstić information content (AvgIpc) is 2.69. The third kappa shape index (κ3) is 4.82. The number of aryl methyl sites for hydroxylation is 1. The lowest BCUT2D eigenvalue weighted by Gasteiger charge is -2.12. The molecule has 0 aromatic heterocycles. The molecular formula is C21H22N2O4S. The van der Waals surface area contributed by atoms with E-state index in [1.807, 2.05) is 6.92 Å². The highest BCUT2D eigenvalue weighted by molar-refractivity contribution is 7.89. The summed E-state index contributed by atoms with van der Waals surface area (Å²) >= 11 is 0. The largest absolute Gasteiger partial charge is 0.497 e. The number of hydrogen-bond donors (Lipinski definition) is 2. The van der Waals surface area contributed by atoms with E-state index in [0.717, 1.165) is 11.3 Å². The molecule has 0 spiro atoms. The van der Waals surface area contributed by atoms with E-state index >= 15 is 0 Å². The van der Waals surface area contributed by atoms with Crippen molar-refractivity contribution in [2.45, 2.75) is 18.4 Å². The van der Waals surface area contributed by atoms with E-state index in [1.165, 1.54) is 0 Å².